The maximum atomic E-state index is 13.0. The minimum Gasteiger partial charge on any atom is -0.492 e. The molecule has 9 heteroatoms. The molecule has 0 aliphatic carbocycles. The summed E-state index contributed by atoms with van der Waals surface area (Å²) in [7, 11) is 0. The number of benzene rings is 1. The fourth-order valence-corrected chi connectivity index (χ4v) is 5.04. The van der Waals surface area contributed by atoms with Crippen LogP contribution in [0, 0.1) is 0 Å². The molecule has 1 unspecified atom stereocenters. The predicted molar refractivity (Wildman–Crippen MR) is 119 cm³/mol. The Morgan fingerprint density at radius 1 is 1.27 bits per heavy atom. The number of piperidine rings is 1. The summed E-state index contributed by atoms with van der Waals surface area (Å²) in [6.07, 6.45) is 2.24. The zero-order chi connectivity index (χ0) is 24.0. The van der Waals surface area contributed by atoms with E-state index in [1.54, 1.807) is 11.0 Å². The van der Waals surface area contributed by atoms with Gasteiger partial charge in [0, 0.05) is 41.6 Å². The standard InChI is InChI=1S/C24H31N3O6/c1-23(2,3)33-22(31)26-10-8-24(9-11-26)14-32-19-16-13-27(18(20(25)29)5-4-12-28)21(30)15(16)6-7-17(19)24/h6-7,12,18H,4-5,8-11,13-14H2,1-3H3,(H2,25,29). The summed E-state index contributed by atoms with van der Waals surface area (Å²) in [6.45, 7) is 7.40. The van der Waals surface area contributed by atoms with Crippen molar-refractivity contribution in [2.45, 2.75) is 70.1 Å². The molecular weight excluding hydrogens is 426 g/mol. The lowest BCUT2D eigenvalue weighted by atomic mass is 9.74. The van der Waals surface area contributed by atoms with Crippen LogP contribution >= 0.6 is 0 Å². The van der Waals surface area contributed by atoms with Gasteiger partial charge >= 0.3 is 6.09 Å². The molecule has 1 aromatic rings. The lowest BCUT2D eigenvalue weighted by Gasteiger charge is -2.38. The van der Waals surface area contributed by atoms with E-state index < -0.39 is 17.6 Å². The minimum absolute atomic E-state index is 0.152. The molecule has 1 spiro atoms. The molecule has 9 nitrogen and oxygen atoms in total. The van der Waals surface area contributed by atoms with E-state index in [0.717, 1.165) is 30.3 Å². The summed E-state index contributed by atoms with van der Waals surface area (Å²) in [5.74, 6) is -0.193. The van der Waals surface area contributed by atoms with E-state index in [4.69, 9.17) is 15.2 Å². The molecule has 1 aromatic carbocycles. The molecule has 4 rings (SSSR count). The largest absolute Gasteiger partial charge is 0.492 e. The quantitative estimate of drug-likeness (QED) is 0.677. The zero-order valence-corrected chi connectivity index (χ0v) is 19.4. The van der Waals surface area contributed by atoms with Crippen LogP contribution in [0.15, 0.2) is 12.1 Å². The molecule has 3 aliphatic heterocycles. The van der Waals surface area contributed by atoms with Crippen molar-refractivity contribution < 1.29 is 28.7 Å². The number of likely N-dealkylation sites (tertiary alicyclic amines) is 1. The number of carbonyl (C=O) groups is 4. The first kappa shape index (κ1) is 23.1. The average Bonchev–Trinajstić information content (AvgIpc) is 3.26. The summed E-state index contributed by atoms with van der Waals surface area (Å²) in [5, 5.41) is 0. The molecule has 3 amide bonds. The van der Waals surface area contributed by atoms with Gasteiger partial charge in [0.25, 0.3) is 5.91 Å². The second kappa shape index (κ2) is 8.35. The van der Waals surface area contributed by atoms with Crippen molar-refractivity contribution in [2.24, 2.45) is 5.73 Å². The third-order valence-corrected chi connectivity index (χ3v) is 6.78. The fraction of sp³-hybridized carbons (Fsp3) is 0.583. The van der Waals surface area contributed by atoms with Gasteiger partial charge in [0.15, 0.2) is 0 Å². The van der Waals surface area contributed by atoms with Crippen molar-refractivity contribution in [2.75, 3.05) is 19.7 Å². The summed E-state index contributed by atoms with van der Waals surface area (Å²) in [5.41, 5.74) is 7.09. The van der Waals surface area contributed by atoms with E-state index in [2.05, 4.69) is 0 Å². The van der Waals surface area contributed by atoms with Gasteiger partial charge in [-0.05, 0) is 46.1 Å². The zero-order valence-electron chi connectivity index (χ0n) is 19.4. The number of rotatable bonds is 5. The molecule has 0 bridgehead atoms. The van der Waals surface area contributed by atoms with Gasteiger partial charge in [-0.15, -0.1) is 0 Å². The highest BCUT2D eigenvalue weighted by atomic mass is 16.6. The normalized spacial score (nSPS) is 19.7. The van der Waals surface area contributed by atoms with Crippen LogP contribution < -0.4 is 10.5 Å². The first-order valence-electron chi connectivity index (χ1n) is 11.4. The third kappa shape index (κ3) is 4.16. The van der Waals surface area contributed by atoms with Crippen molar-refractivity contribution in [1.82, 2.24) is 9.80 Å². The van der Waals surface area contributed by atoms with Gasteiger partial charge in [-0.2, -0.15) is 0 Å². The lowest BCUT2D eigenvalue weighted by molar-refractivity contribution is -0.122. The van der Waals surface area contributed by atoms with Crippen molar-refractivity contribution in [1.29, 1.82) is 0 Å². The van der Waals surface area contributed by atoms with Crippen molar-refractivity contribution in [3.8, 4) is 5.75 Å². The molecule has 0 radical (unpaired) electrons. The van der Waals surface area contributed by atoms with E-state index >= 15 is 0 Å². The molecule has 0 aromatic heterocycles. The summed E-state index contributed by atoms with van der Waals surface area (Å²) >= 11 is 0. The summed E-state index contributed by atoms with van der Waals surface area (Å²) < 4.78 is 11.6. The van der Waals surface area contributed by atoms with Crippen molar-refractivity contribution >= 4 is 24.2 Å². The molecule has 1 atom stereocenters. The minimum atomic E-state index is -0.835. The highest BCUT2D eigenvalue weighted by molar-refractivity contribution is 6.02. The van der Waals surface area contributed by atoms with Crippen molar-refractivity contribution in [3.63, 3.8) is 0 Å². The molecule has 2 N–H and O–H groups in total. The number of hydrogen-bond donors (Lipinski definition) is 1. The number of nitrogens with zero attached hydrogens (tertiary/aromatic N) is 2. The number of carbonyl (C=O) groups excluding carboxylic acids is 4. The SMILES string of the molecule is CC(C)(C)OC(=O)N1CCC2(CC1)COc1c2ccc2c1CN(C(CCC=O)C(N)=O)C2=O. The molecule has 0 saturated carbocycles. The Bertz CT molecular complexity index is 991. The summed E-state index contributed by atoms with van der Waals surface area (Å²) in [6, 6.07) is 2.90. The smallest absolute Gasteiger partial charge is 0.410 e. The van der Waals surface area contributed by atoms with Crippen LogP contribution in [0.25, 0.3) is 0 Å². The van der Waals surface area contributed by atoms with Gasteiger partial charge in [-0.25, -0.2) is 4.79 Å². The van der Waals surface area contributed by atoms with Crippen LogP contribution in [0.2, 0.25) is 0 Å². The highest BCUT2D eigenvalue weighted by Crippen LogP contribution is 2.49. The van der Waals surface area contributed by atoms with Gasteiger partial charge in [0.2, 0.25) is 5.91 Å². The highest BCUT2D eigenvalue weighted by Gasteiger charge is 2.47. The lowest BCUT2D eigenvalue weighted by Crippen LogP contribution is -2.47. The predicted octanol–water partition coefficient (Wildman–Crippen LogP) is 2.14. The van der Waals surface area contributed by atoms with Gasteiger partial charge in [-0.3, -0.25) is 9.59 Å². The average molecular weight is 458 g/mol. The Balaban J connectivity index is 1.53. The summed E-state index contributed by atoms with van der Waals surface area (Å²) in [4.78, 5) is 51.4. The van der Waals surface area contributed by atoms with E-state index in [1.165, 1.54) is 4.90 Å². The van der Waals surface area contributed by atoms with Crippen LogP contribution in [0.5, 0.6) is 5.75 Å². The Kier molecular flexibility index (Phi) is 5.84. The maximum absolute atomic E-state index is 13.0. The van der Waals surface area contributed by atoms with E-state index in [-0.39, 0.29) is 36.8 Å². The van der Waals surface area contributed by atoms with E-state index in [0.29, 0.717) is 31.0 Å². The molecule has 3 heterocycles. The molecular formula is C24H31N3O6. The Morgan fingerprint density at radius 3 is 2.58 bits per heavy atom. The maximum Gasteiger partial charge on any atom is 0.410 e. The van der Waals surface area contributed by atoms with Crippen LogP contribution in [0.3, 0.4) is 0 Å². The number of nitrogens with two attached hydrogens (primary N) is 1. The number of ether oxygens (including phenoxy) is 2. The number of amides is 3. The van der Waals surface area contributed by atoms with E-state index in [1.807, 2.05) is 26.8 Å². The number of primary amides is 1. The van der Waals surface area contributed by atoms with Crippen molar-refractivity contribution in [3.05, 3.63) is 28.8 Å². The first-order chi connectivity index (χ1) is 15.6. The third-order valence-electron chi connectivity index (χ3n) is 6.78. The van der Waals surface area contributed by atoms with E-state index in [9.17, 15) is 19.2 Å². The van der Waals surface area contributed by atoms with Crippen LogP contribution in [-0.2, 0) is 26.3 Å². The molecule has 1 fully saturated rings. The van der Waals surface area contributed by atoms with Gasteiger partial charge in [-0.1, -0.05) is 6.07 Å². The van der Waals surface area contributed by atoms with Crippen LogP contribution in [-0.4, -0.2) is 65.3 Å². The second-order valence-corrected chi connectivity index (χ2v) is 10.1. The van der Waals surface area contributed by atoms with Gasteiger partial charge < -0.3 is 29.8 Å². The van der Waals surface area contributed by atoms with Crippen LogP contribution in [0.4, 0.5) is 4.79 Å². The monoisotopic (exact) mass is 457 g/mol. The Labute approximate surface area is 193 Å². The second-order valence-electron chi connectivity index (χ2n) is 10.1. The Morgan fingerprint density at radius 2 is 1.97 bits per heavy atom. The molecule has 1 saturated heterocycles. The van der Waals surface area contributed by atoms with Crippen LogP contribution in [0.1, 0.15) is 67.9 Å². The molecule has 3 aliphatic rings. The molecule has 33 heavy (non-hydrogen) atoms. The number of aldehydes is 1. The number of hydrogen-bond acceptors (Lipinski definition) is 6. The first-order valence-corrected chi connectivity index (χ1v) is 11.4. The Hall–Kier alpha value is -3.10. The fourth-order valence-electron chi connectivity index (χ4n) is 5.04. The van der Waals surface area contributed by atoms with Gasteiger partial charge in [0.1, 0.15) is 23.7 Å². The topological polar surface area (TPSA) is 119 Å². The van der Waals surface area contributed by atoms with Gasteiger partial charge in [0.05, 0.1) is 13.2 Å². The molecule has 178 valence electrons. The number of fused-ring (bicyclic) bond motifs is 4.